The molecule has 0 bridgehead atoms. The molecule has 0 fully saturated rings. The highest BCUT2D eigenvalue weighted by Gasteiger charge is 2.11. The van der Waals surface area contributed by atoms with E-state index in [4.69, 9.17) is 0 Å². The normalized spacial score (nSPS) is 12.4. The van der Waals surface area contributed by atoms with Crippen LogP contribution < -0.4 is 5.32 Å². The van der Waals surface area contributed by atoms with Crippen LogP contribution in [0.25, 0.3) is 0 Å². The standard InChI is InChI=1S/C17H20IN/c1-3-19-17(15-7-9-16(18)10-8-15)12-14-6-4-5-13(2)11-14/h4-11,17,19H,3,12H2,1-2H3. The Morgan fingerprint density at radius 3 is 2.47 bits per heavy atom. The SMILES string of the molecule is CCNC(Cc1cccc(C)c1)c1ccc(I)cc1. The molecule has 0 aliphatic rings. The van der Waals surface area contributed by atoms with E-state index in [1.807, 2.05) is 0 Å². The Balaban J connectivity index is 2.18. The van der Waals surface area contributed by atoms with Gasteiger partial charge < -0.3 is 5.32 Å². The van der Waals surface area contributed by atoms with E-state index < -0.39 is 0 Å². The molecule has 0 aliphatic heterocycles. The lowest BCUT2D eigenvalue weighted by molar-refractivity contribution is 0.549. The summed E-state index contributed by atoms with van der Waals surface area (Å²) in [4.78, 5) is 0. The average molecular weight is 365 g/mol. The van der Waals surface area contributed by atoms with Crippen LogP contribution >= 0.6 is 22.6 Å². The molecule has 0 amide bonds. The second-order valence-electron chi connectivity index (χ2n) is 4.85. The van der Waals surface area contributed by atoms with Gasteiger partial charge >= 0.3 is 0 Å². The van der Waals surface area contributed by atoms with Crippen LogP contribution in [0.4, 0.5) is 0 Å². The lowest BCUT2D eigenvalue weighted by Gasteiger charge is -2.19. The van der Waals surface area contributed by atoms with Crippen LogP contribution in [0.5, 0.6) is 0 Å². The number of likely N-dealkylation sites (N-methyl/N-ethyl adjacent to an activating group) is 1. The van der Waals surface area contributed by atoms with E-state index in [1.165, 1.54) is 20.3 Å². The maximum atomic E-state index is 3.58. The van der Waals surface area contributed by atoms with E-state index in [-0.39, 0.29) is 0 Å². The number of hydrogen-bond acceptors (Lipinski definition) is 1. The molecule has 0 saturated carbocycles. The zero-order chi connectivity index (χ0) is 13.7. The summed E-state index contributed by atoms with van der Waals surface area (Å²) in [6, 6.07) is 18.0. The molecule has 100 valence electrons. The first kappa shape index (κ1) is 14.5. The number of halogens is 1. The lowest BCUT2D eigenvalue weighted by atomic mass is 9.98. The van der Waals surface area contributed by atoms with Crippen LogP contribution in [-0.2, 0) is 6.42 Å². The third kappa shape index (κ3) is 4.32. The molecule has 0 saturated heterocycles. The Bertz CT molecular complexity index is 519. The Morgan fingerprint density at radius 2 is 1.84 bits per heavy atom. The van der Waals surface area contributed by atoms with Gasteiger partial charge in [0.05, 0.1) is 0 Å². The summed E-state index contributed by atoms with van der Waals surface area (Å²) in [6.07, 6.45) is 1.04. The van der Waals surface area contributed by atoms with Gasteiger partial charge in [0, 0.05) is 9.61 Å². The molecule has 0 heterocycles. The summed E-state index contributed by atoms with van der Waals surface area (Å²) in [5.74, 6) is 0. The van der Waals surface area contributed by atoms with Crippen LogP contribution in [0.1, 0.15) is 29.7 Å². The van der Waals surface area contributed by atoms with Crippen molar-refractivity contribution in [3.8, 4) is 0 Å². The first-order valence-corrected chi connectivity index (χ1v) is 7.81. The molecule has 19 heavy (non-hydrogen) atoms. The van der Waals surface area contributed by atoms with Gasteiger partial charge in [-0.2, -0.15) is 0 Å². The summed E-state index contributed by atoms with van der Waals surface area (Å²) >= 11 is 2.35. The zero-order valence-electron chi connectivity index (χ0n) is 11.5. The Morgan fingerprint density at radius 1 is 1.11 bits per heavy atom. The monoisotopic (exact) mass is 365 g/mol. The highest BCUT2D eigenvalue weighted by atomic mass is 127. The van der Waals surface area contributed by atoms with E-state index in [2.05, 4.69) is 90.3 Å². The van der Waals surface area contributed by atoms with Crippen molar-refractivity contribution in [1.82, 2.24) is 5.32 Å². The predicted molar refractivity (Wildman–Crippen MR) is 90.5 cm³/mol. The second-order valence-corrected chi connectivity index (χ2v) is 6.10. The predicted octanol–water partition coefficient (Wildman–Crippen LogP) is 4.49. The third-order valence-electron chi connectivity index (χ3n) is 3.25. The molecule has 2 rings (SSSR count). The Hall–Kier alpha value is -0.870. The lowest BCUT2D eigenvalue weighted by Crippen LogP contribution is -2.22. The molecule has 1 N–H and O–H groups in total. The minimum absolute atomic E-state index is 0.392. The molecule has 2 aromatic carbocycles. The van der Waals surface area contributed by atoms with Gasteiger partial charge in [0.15, 0.2) is 0 Å². The van der Waals surface area contributed by atoms with Crippen molar-refractivity contribution in [2.45, 2.75) is 26.3 Å². The molecule has 0 aliphatic carbocycles. The summed E-state index contributed by atoms with van der Waals surface area (Å²) in [6.45, 7) is 5.30. The fourth-order valence-corrected chi connectivity index (χ4v) is 2.68. The van der Waals surface area contributed by atoms with E-state index >= 15 is 0 Å². The van der Waals surface area contributed by atoms with Crippen molar-refractivity contribution >= 4 is 22.6 Å². The van der Waals surface area contributed by atoms with Crippen LogP contribution in [-0.4, -0.2) is 6.54 Å². The van der Waals surface area contributed by atoms with Gasteiger partial charge in [-0.05, 0) is 65.7 Å². The first-order chi connectivity index (χ1) is 9.19. The van der Waals surface area contributed by atoms with Crippen molar-refractivity contribution in [2.24, 2.45) is 0 Å². The number of benzene rings is 2. The van der Waals surface area contributed by atoms with Crippen LogP contribution in [0.2, 0.25) is 0 Å². The first-order valence-electron chi connectivity index (χ1n) is 6.73. The van der Waals surface area contributed by atoms with Gasteiger partial charge in [-0.3, -0.25) is 0 Å². The summed E-state index contributed by atoms with van der Waals surface area (Å²) < 4.78 is 1.28. The number of rotatable bonds is 5. The highest BCUT2D eigenvalue weighted by Crippen LogP contribution is 2.20. The molecule has 0 radical (unpaired) electrons. The molecular formula is C17H20IN. The van der Waals surface area contributed by atoms with Crippen LogP contribution in [0.15, 0.2) is 48.5 Å². The maximum absolute atomic E-state index is 3.58. The van der Waals surface area contributed by atoms with Crippen LogP contribution in [0.3, 0.4) is 0 Å². The third-order valence-corrected chi connectivity index (χ3v) is 3.96. The fraction of sp³-hybridized carbons (Fsp3) is 0.294. The van der Waals surface area contributed by atoms with Crippen molar-refractivity contribution in [2.75, 3.05) is 6.54 Å². The number of nitrogens with one attached hydrogen (secondary N) is 1. The van der Waals surface area contributed by atoms with Gasteiger partial charge in [0.2, 0.25) is 0 Å². The molecule has 1 unspecified atom stereocenters. The molecule has 1 nitrogen and oxygen atoms in total. The van der Waals surface area contributed by atoms with E-state index in [0.29, 0.717) is 6.04 Å². The van der Waals surface area contributed by atoms with E-state index in [9.17, 15) is 0 Å². The van der Waals surface area contributed by atoms with Crippen molar-refractivity contribution in [1.29, 1.82) is 0 Å². The summed E-state index contributed by atoms with van der Waals surface area (Å²) in [5, 5.41) is 3.58. The molecular weight excluding hydrogens is 345 g/mol. The molecule has 1 atom stereocenters. The van der Waals surface area contributed by atoms with Gasteiger partial charge in [0.25, 0.3) is 0 Å². The highest BCUT2D eigenvalue weighted by molar-refractivity contribution is 14.1. The molecule has 2 aromatic rings. The maximum Gasteiger partial charge on any atom is 0.0360 e. The number of hydrogen-bond donors (Lipinski definition) is 1. The largest absolute Gasteiger partial charge is 0.310 e. The average Bonchev–Trinajstić information content (AvgIpc) is 2.39. The van der Waals surface area contributed by atoms with Crippen molar-refractivity contribution in [3.05, 3.63) is 68.8 Å². The van der Waals surface area contributed by atoms with Gasteiger partial charge in [0.1, 0.15) is 0 Å². The van der Waals surface area contributed by atoms with E-state index in [1.54, 1.807) is 0 Å². The second kappa shape index (κ2) is 7.06. The molecule has 2 heteroatoms. The van der Waals surface area contributed by atoms with Crippen molar-refractivity contribution < 1.29 is 0 Å². The molecule has 0 spiro atoms. The summed E-state index contributed by atoms with van der Waals surface area (Å²) in [5.41, 5.74) is 4.09. The number of aryl methyl sites for hydroxylation is 1. The summed E-state index contributed by atoms with van der Waals surface area (Å²) in [7, 11) is 0. The van der Waals surface area contributed by atoms with Gasteiger partial charge in [-0.25, -0.2) is 0 Å². The molecule has 0 aromatic heterocycles. The van der Waals surface area contributed by atoms with Gasteiger partial charge in [-0.15, -0.1) is 0 Å². The zero-order valence-corrected chi connectivity index (χ0v) is 13.6. The quantitative estimate of drug-likeness (QED) is 0.770. The van der Waals surface area contributed by atoms with Crippen LogP contribution in [0, 0.1) is 10.5 Å². The minimum atomic E-state index is 0.392. The minimum Gasteiger partial charge on any atom is -0.310 e. The smallest absolute Gasteiger partial charge is 0.0360 e. The topological polar surface area (TPSA) is 12.0 Å². The fourth-order valence-electron chi connectivity index (χ4n) is 2.32. The van der Waals surface area contributed by atoms with E-state index in [0.717, 1.165) is 13.0 Å². The Kier molecular flexibility index (Phi) is 5.40. The van der Waals surface area contributed by atoms with Crippen molar-refractivity contribution in [3.63, 3.8) is 0 Å². The van der Waals surface area contributed by atoms with Gasteiger partial charge in [-0.1, -0.05) is 48.9 Å². The Labute approximate surface area is 129 Å².